The van der Waals surface area contributed by atoms with Crippen LogP contribution in [0.1, 0.15) is 25.8 Å². The van der Waals surface area contributed by atoms with Crippen molar-refractivity contribution in [2.45, 2.75) is 32.7 Å². The first-order valence-electron chi connectivity index (χ1n) is 6.08. The van der Waals surface area contributed by atoms with Gasteiger partial charge >= 0.3 is 10.2 Å². The first-order valence-corrected chi connectivity index (χ1v) is 7.52. The standard InChI is InChI=1S/C12H19N3O2S/c1-9(2)14-18(16,17)15-7-3-4-10-8-11(13)5-6-12(10)15/h5-6,8-9,14H,3-4,7,13H2,1-2H3. The quantitative estimate of drug-likeness (QED) is 0.811. The molecule has 1 aromatic rings. The van der Waals surface area contributed by atoms with E-state index in [0.29, 0.717) is 12.2 Å². The fraction of sp³-hybridized carbons (Fsp3) is 0.500. The van der Waals surface area contributed by atoms with Gasteiger partial charge in [0.2, 0.25) is 0 Å². The highest BCUT2D eigenvalue weighted by molar-refractivity contribution is 7.90. The summed E-state index contributed by atoms with van der Waals surface area (Å²) in [5.41, 5.74) is 8.14. The Labute approximate surface area is 108 Å². The minimum Gasteiger partial charge on any atom is -0.399 e. The highest BCUT2D eigenvalue weighted by Crippen LogP contribution is 2.30. The van der Waals surface area contributed by atoms with Gasteiger partial charge in [0.15, 0.2) is 0 Å². The lowest BCUT2D eigenvalue weighted by Crippen LogP contribution is -2.45. The number of anilines is 2. The van der Waals surface area contributed by atoms with E-state index in [1.807, 2.05) is 19.9 Å². The Bertz CT molecular complexity index is 540. The molecule has 0 radical (unpaired) electrons. The fourth-order valence-corrected chi connectivity index (χ4v) is 3.72. The van der Waals surface area contributed by atoms with Crippen LogP contribution in [0.5, 0.6) is 0 Å². The summed E-state index contributed by atoms with van der Waals surface area (Å²) < 4.78 is 28.5. The van der Waals surface area contributed by atoms with Gasteiger partial charge in [-0.15, -0.1) is 0 Å². The molecule has 0 aromatic heterocycles. The van der Waals surface area contributed by atoms with Crippen LogP contribution in [-0.2, 0) is 16.6 Å². The number of hydrogen-bond acceptors (Lipinski definition) is 3. The number of nitrogens with zero attached hydrogens (tertiary/aromatic N) is 1. The monoisotopic (exact) mass is 269 g/mol. The molecule has 0 bridgehead atoms. The van der Waals surface area contributed by atoms with E-state index in [4.69, 9.17) is 5.73 Å². The summed E-state index contributed by atoms with van der Waals surface area (Å²) in [6, 6.07) is 5.26. The number of hydrogen-bond donors (Lipinski definition) is 2. The van der Waals surface area contributed by atoms with Crippen molar-refractivity contribution in [3.63, 3.8) is 0 Å². The number of nitrogens with one attached hydrogen (secondary N) is 1. The van der Waals surface area contributed by atoms with Crippen LogP contribution in [-0.4, -0.2) is 21.0 Å². The van der Waals surface area contributed by atoms with Crippen molar-refractivity contribution in [1.29, 1.82) is 0 Å². The van der Waals surface area contributed by atoms with Crippen LogP contribution in [0.3, 0.4) is 0 Å². The van der Waals surface area contributed by atoms with E-state index in [0.717, 1.165) is 24.1 Å². The molecular weight excluding hydrogens is 250 g/mol. The van der Waals surface area contributed by atoms with Crippen molar-refractivity contribution in [2.75, 3.05) is 16.6 Å². The summed E-state index contributed by atoms with van der Waals surface area (Å²) in [6.45, 7) is 4.13. The molecular formula is C12H19N3O2S. The molecule has 5 nitrogen and oxygen atoms in total. The topological polar surface area (TPSA) is 75.4 Å². The second kappa shape index (κ2) is 4.78. The van der Waals surface area contributed by atoms with E-state index in [9.17, 15) is 8.42 Å². The fourth-order valence-electron chi connectivity index (χ4n) is 2.19. The first-order chi connectivity index (χ1) is 8.40. The predicted octanol–water partition coefficient (Wildman–Crippen LogP) is 1.26. The van der Waals surface area contributed by atoms with Gasteiger partial charge in [0, 0.05) is 18.3 Å². The van der Waals surface area contributed by atoms with Crippen molar-refractivity contribution in [2.24, 2.45) is 0 Å². The van der Waals surface area contributed by atoms with Crippen LogP contribution < -0.4 is 14.8 Å². The van der Waals surface area contributed by atoms with Crippen LogP contribution >= 0.6 is 0 Å². The summed E-state index contributed by atoms with van der Waals surface area (Å²) in [6.07, 6.45) is 1.68. The van der Waals surface area contributed by atoms with Crippen LogP contribution in [0.2, 0.25) is 0 Å². The Kier molecular flexibility index (Phi) is 3.49. The zero-order valence-electron chi connectivity index (χ0n) is 10.7. The highest BCUT2D eigenvalue weighted by Gasteiger charge is 2.27. The Morgan fingerprint density at radius 2 is 2.11 bits per heavy atom. The summed E-state index contributed by atoms with van der Waals surface area (Å²) >= 11 is 0. The van der Waals surface area contributed by atoms with E-state index < -0.39 is 10.2 Å². The van der Waals surface area contributed by atoms with Crippen molar-refractivity contribution >= 4 is 21.6 Å². The number of aryl methyl sites for hydroxylation is 1. The maximum atomic E-state index is 12.2. The molecule has 0 atom stereocenters. The molecule has 0 fully saturated rings. The smallest absolute Gasteiger partial charge is 0.301 e. The molecule has 1 heterocycles. The van der Waals surface area contributed by atoms with E-state index in [-0.39, 0.29) is 6.04 Å². The molecule has 6 heteroatoms. The lowest BCUT2D eigenvalue weighted by atomic mass is 10.0. The van der Waals surface area contributed by atoms with Crippen LogP contribution in [0, 0.1) is 0 Å². The van der Waals surface area contributed by atoms with E-state index >= 15 is 0 Å². The maximum absolute atomic E-state index is 12.2. The van der Waals surface area contributed by atoms with Crippen LogP contribution in [0.15, 0.2) is 18.2 Å². The van der Waals surface area contributed by atoms with Crippen molar-refractivity contribution < 1.29 is 8.42 Å². The number of benzene rings is 1. The lowest BCUT2D eigenvalue weighted by Gasteiger charge is -2.31. The van der Waals surface area contributed by atoms with Gasteiger partial charge in [0.05, 0.1) is 5.69 Å². The van der Waals surface area contributed by atoms with Gasteiger partial charge < -0.3 is 5.73 Å². The number of nitrogen functional groups attached to an aromatic ring is 1. The molecule has 0 unspecified atom stereocenters. The van der Waals surface area contributed by atoms with Gasteiger partial charge in [0.1, 0.15) is 0 Å². The molecule has 18 heavy (non-hydrogen) atoms. The van der Waals surface area contributed by atoms with Gasteiger partial charge in [-0.05, 0) is 50.5 Å². The molecule has 0 saturated heterocycles. The molecule has 1 aliphatic heterocycles. The third-order valence-corrected chi connectivity index (χ3v) is 4.58. The first kappa shape index (κ1) is 13.2. The zero-order valence-corrected chi connectivity index (χ0v) is 11.5. The van der Waals surface area contributed by atoms with Gasteiger partial charge in [-0.3, -0.25) is 4.31 Å². The molecule has 0 saturated carbocycles. The molecule has 0 spiro atoms. The van der Waals surface area contributed by atoms with Gasteiger partial charge in [-0.25, -0.2) is 0 Å². The van der Waals surface area contributed by atoms with Gasteiger partial charge in [0.25, 0.3) is 0 Å². The third kappa shape index (κ3) is 2.59. The summed E-state index contributed by atoms with van der Waals surface area (Å²) in [5.74, 6) is 0. The highest BCUT2D eigenvalue weighted by atomic mass is 32.2. The normalized spacial score (nSPS) is 15.8. The number of fused-ring (bicyclic) bond motifs is 1. The SMILES string of the molecule is CC(C)NS(=O)(=O)N1CCCc2cc(N)ccc21. The number of nitrogens with two attached hydrogens (primary N) is 1. The molecule has 2 rings (SSSR count). The minimum atomic E-state index is -3.47. The minimum absolute atomic E-state index is 0.117. The van der Waals surface area contributed by atoms with Crippen molar-refractivity contribution in [3.8, 4) is 0 Å². The lowest BCUT2D eigenvalue weighted by molar-refractivity contribution is 0.561. The zero-order chi connectivity index (χ0) is 13.3. The van der Waals surface area contributed by atoms with E-state index in [2.05, 4.69) is 4.72 Å². The largest absolute Gasteiger partial charge is 0.399 e. The molecule has 1 aliphatic rings. The Morgan fingerprint density at radius 3 is 2.78 bits per heavy atom. The van der Waals surface area contributed by atoms with Crippen molar-refractivity contribution in [1.82, 2.24) is 4.72 Å². The number of rotatable bonds is 3. The maximum Gasteiger partial charge on any atom is 0.301 e. The molecule has 3 N–H and O–H groups in total. The summed E-state index contributed by atoms with van der Waals surface area (Å²) in [7, 11) is -3.47. The van der Waals surface area contributed by atoms with E-state index in [1.165, 1.54) is 4.31 Å². The molecule has 1 aromatic carbocycles. The van der Waals surface area contributed by atoms with Gasteiger partial charge in [-0.2, -0.15) is 13.1 Å². The summed E-state index contributed by atoms with van der Waals surface area (Å²) in [4.78, 5) is 0. The average molecular weight is 269 g/mol. The van der Waals surface area contributed by atoms with Crippen LogP contribution in [0.4, 0.5) is 11.4 Å². The second-order valence-corrected chi connectivity index (χ2v) is 6.47. The van der Waals surface area contributed by atoms with Crippen LogP contribution in [0.25, 0.3) is 0 Å². The Hall–Kier alpha value is -1.27. The Morgan fingerprint density at radius 1 is 1.39 bits per heavy atom. The van der Waals surface area contributed by atoms with Crippen molar-refractivity contribution in [3.05, 3.63) is 23.8 Å². The summed E-state index contributed by atoms with van der Waals surface area (Å²) in [5, 5.41) is 0. The molecule has 0 aliphatic carbocycles. The molecule has 100 valence electrons. The molecule has 0 amide bonds. The van der Waals surface area contributed by atoms with E-state index in [1.54, 1.807) is 12.1 Å². The average Bonchev–Trinajstić information content (AvgIpc) is 2.26. The second-order valence-electron chi connectivity index (χ2n) is 4.84. The third-order valence-electron chi connectivity index (χ3n) is 2.85. The van der Waals surface area contributed by atoms with Gasteiger partial charge in [-0.1, -0.05) is 0 Å². The predicted molar refractivity (Wildman–Crippen MR) is 73.7 cm³/mol. The Balaban J connectivity index is 2.39.